The van der Waals surface area contributed by atoms with E-state index in [0.717, 1.165) is 36.7 Å². The number of carbonyl (C=O) groups is 1. The average molecular weight is 365 g/mol. The van der Waals surface area contributed by atoms with Crippen LogP contribution >= 0.6 is 0 Å². The van der Waals surface area contributed by atoms with E-state index in [9.17, 15) is 4.79 Å². The maximum atomic E-state index is 13.0. The molecule has 142 valence electrons. The smallest absolute Gasteiger partial charge is 0.244 e. The van der Waals surface area contributed by atoms with Gasteiger partial charge in [0.2, 0.25) is 5.91 Å². The second-order valence-corrected chi connectivity index (χ2v) is 7.54. The number of carbonyl (C=O) groups excluding carboxylic acids is 1. The molecule has 27 heavy (non-hydrogen) atoms. The normalized spacial score (nSPS) is 20.7. The highest BCUT2D eigenvalue weighted by molar-refractivity contribution is 6.03. The standard InChI is InChI=1S/C22H27N3O2/c1-17-7-9-18(10-8-17)19-16-20(21-6-5-15-27-21)25(23-19)22(26)11-14-24-12-3-2-4-13-24/h5-10,15,20H,2-4,11-14,16H2,1H3/t20-/m0/s1. The number of benzene rings is 1. The topological polar surface area (TPSA) is 49.1 Å². The van der Waals surface area contributed by atoms with Gasteiger partial charge in [0.1, 0.15) is 11.8 Å². The van der Waals surface area contributed by atoms with Gasteiger partial charge < -0.3 is 9.32 Å². The first-order chi connectivity index (χ1) is 13.2. The van der Waals surface area contributed by atoms with Gasteiger partial charge in [-0.3, -0.25) is 4.79 Å². The van der Waals surface area contributed by atoms with Gasteiger partial charge in [-0.1, -0.05) is 36.2 Å². The first-order valence-electron chi connectivity index (χ1n) is 9.93. The number of likely N-dealkylation sites (tertiary alicyclic amines) is 1. The summed E-state index contributed by atoms with van der Waals surface area (Å²) in [5.74, 6) is 0.872. The molecule has 0 spiro atoms. The van der Waals surface area contributed by atoms with E-state index >= 15 is 0 Å². The molecule has 1 aromatic carbocycles. The van der Waals surface area contributed by atoms with Crippen molar-refractivity contribution in [3.8, 4) is 0 Å². The van der Waals surface area contributed by atoms with Crippen molar-refractivity contribution >= 4 is 11.6 Å². The lowest BCUT2D eigenvalue weighted by molar-refractivity contribution is -0.133. The Morgan fingerprint density at radius 1 is 1.15 bits per heavy atom. The number of amides is 1. The first-order valence-corrected chi connectivity index (χ1v) is 9.93. The Morgan fingerprint density at radius 2 is 1.93 bits per heavy atom. The molecule has 2 aliphatic heterocycles. The molecule has 3 heterocycles. The Bertz CT molecular complexity index is 789. The van der Waals surface area contributed by atoms with Crippen molar-refractivity contribution in [2.24, 2.45) is 5.10 Å². The summed E-state index contributed by atoms with van der Waals surface area (Å²) in [5.41, 5.74) is 3.24. The number of hydrazone groups is 1. The molecule has 0 saturated carbocycles. The number of rotatable bonds is 5. The largest absolute Gasteiger partial charge is 0.467 e. The molecule has 0 aliphatic carbocycles. The summed E-state index contributed by atoms with van der Waals surface area (Å²) in [6.45, 7) is 5.09. The van der Waals surface area contributed by atoms with Gasteiger partial charge in [0.15, 0.2) is 0 Å². The molecular formula is C22H27N3O2. The summed E-state index contributed by atoms with van der Waals surface area (Å²) in [5, 5.41) is 6.36. The van der Waals surface area contributed by atoms with Crippen LogP contribution in [0.15, 0.2) is 52.2 Å². The molecule has 1 aromatic heterocycles. The molecule has 4 rings (SSSR count). The Labute approximate surface area is 160 Å². The van der Waals surface area contributed by atoms with Crippen molar-refractivity contribution in [3.05, 3.63) is 59.5 Å². The lowest BCUT2D eigenvalue weighted by Gasteiger charge is -2.27. The van der Waals surface area contributed by atoms with Crippen LogP contribution in [-0.4, -0.2) is 41.2 Å². The predicted octanol–water partition coefficient (Wildman–Crippen LogP) is 4.14. The molecule has 2 aliphatic rings. The minimum Gasteiger partial charge on any atom is -0.467 e. The van der Waals surface area contributed by atoms with Crippen LogP contribution in [0.1, 0.15) is 55.0 Å². The Balaban J connectivity index is 1.50. The first kappa shape index (κ1) is 18.0. The van der Waals surface area contributed by atoms with Crippen LogP contribution in [0.5, 0.6) is 0 Å². The van der Waals surface area contributed by atoms with Gasteiger partial charge in [0.25, 0.3) is 0 Å². The molecule has 1 atom stereocenters. The van der Waals surface area contributed by atoms with E-state index in [1.807, 2.05) is 12.1 Å². The van der Waals surface area contributed by atoms with E-state index in [-0.39, 0.29) is 11.9 Å². The van der Waals surface area contributed by atoms with Gasteiger partial charge in [-0.25, -0.2) is 5.01 Å². The summed E-state index contributed by atoms with van der Waals surface area (Å²) in [6, 6.07) is 12.0. The highest BCUT2D eigenvalue weighted by Gasteiger charge is 2.34. The molecule has 0 unspecified atom stereocenters. The average Bonchev–Trinajstić information content (AvgIpc) is 3.37. The highest BCUT2D eigenvalue weighted by atomic mass is 16.3. The van der Waals surface area contributed by atoms with Gasteiger partial charge in [0, 0.05) is 19.4 Å². The van der Waals surface area contributed by atoms with Gasteiger partial charge in [-0.05, 0) is 50.6 Å². The van der Waals surface area contributed by atoms with Crippen LogP contribution in [0.3, 0.4) is 0 Å². The monoisotopic (exact) mass is 365 g/mol. The Morgan fingerprint density at radius 3 is 2.63 bits per heavy atom. The van der Waals surface area contributed by atoms with Crippen molar-refractivity contribution < 1.29 is 9.21 Å². The maximum absolute atomic E-state index is 13.0. The molecule has 5 nitrogen and oxygen atoms in total. The Hall–Kier alpha value is -2.40. The number of aryl methyl sites for hydroxylation is 1. The number of hydrogen-bond acceptors (Lipinski definition) is 4. The van der Waals surface area contributed by atoms with E-state index in [1.54, 1.807) is 11.3 Å². The minimum atomic E-state index is -0.148. The van der Waals surface area contributed by atoms with Crippen LogP contribution in [-0.2, 0) is 4.79 Å². The molecule has 0 radical (unpaired) electrons. The van der Waals surface area contributed by atoms with Gasteiger partial charge in [-0.15, -0.1) is 0 Å². The second kappa shape index (κ2) is 8.09. The molecule has 0 bridgehead atoms. The zero-order valence-corrected chi connectivity index (χ0v) is 15.9. The van der Waals surface area contributed by atoms with Crippen LogP contribution in [0.4, 0.5) is 0 Å². The number of hydrogen-bond donors (Lipinski definition) is 0. The lowest BCUT2D eigenvalue weighted by Crippen LogP contribution is -2.34. The fourth-order valence-electron chi connectivity index (χ4n) is 3.91. The van der Waals surface area contributed by atoms with Crippen LogP contribution < -0.4 is 0 Å². The zero-order chi connectivity index (χ0) is 18.6. The third kappa shape index (κ3) is 4.14. The lowest BCUT2D eigenvalue weighted by atomic mass is 10.0. The van der Waals surface area contributed by atoms with Crippen molar-refractivity contribution in [2.45, 2.75) is 45.1 Å². The molecular weight excluding hydrogens is 338 g/mol. The minimum absolute atomic E-state index is 0.0732. The molecule has 1 saturated heterocycles. The van der Waals surface area contributed by atoms with E-state index in [4.69, 9.17) is 9.52 Å². The predicted molar refractivity (Wildman–Crippen MR) is 106 cm³/mol. The molecule has 0 N–H and O–H groups in total. The number of furan rings is 1. The molecule has 1 amide bonds. The quantitative estimate of drug-likeness (QED) is 0.800. The summed E-state index contributed by atoms with van der Waals surface area (Å²) in [4.78, 5) is 15.4. The third-order valence-corrected chi connectivity index (χ3v) is 5.51. The summed E-state index contributed by atoms with van der Waals surface area (Å²) >= 11 is 0. The summed E-state index contributed by atoms with van der Waals surface area (Å²) in [7, 11) is 0. The summed E-state index contributed by atoms with van der Waals surface area (Å²) in [6.07, 6.45) is 6.64. The third-order valence-electron chi connectivity index (χ3n) is 5.51. The van der Waals surface area contributed by atoms with Gasteiger partial charge in [-0.2, -0.15) is 5.10 Å². The Kier molecular flexibility index (Phi) is 5.39. The van der Waals surface area contributed by atoms with Crippen LogP contribution in [0, 0.1) is 6.92 Å². The zero-order valence-electron chi connectivity index (χ0n) is 15.9. The summed E-state index contributed by atoms with van der Waals surface area (Å²) < 4.78 is 5.62. The van der Waals surface area contributed by atoms with Crippen molar-refractivity contribution in [1.29, 1.82) is 0 Å². The van der Waals surface area contributed by atoms with Crippen molar-refractivity contribution in [2.75, 3.05) is 19.6 Å². The van der Waals surface area contributed by atoms with Gasteiger partial charge in [0.05, 0.1) is 12.0 Å². The fourth-order valence-corrected chi connectivity index (χ4v) is 3.91. The van der Waals surface area contributed by atoms with E-state index < -0.39 is 0 Å². The molecule has 5 heteroatoms. The van der Waals surface area contributed by atoms with E-state index in [1.165, 1.54) is 24.8 Å². The fraction of sp³-hybridized carbons (Fsp3) is 0.455. The van der Waals surface area contributed by atoms with Crippen molar-refractivity contribution in [1.82, 2.24) is 9.91 Å². The second-order valence-electron chi connectivity index (χ2n) is 7.54. The van der Waals surface area contributed by atoms with E-state index in [0.29, 0.717) is 12.8 Å². The van der Waals surface area contributed by atoms with Crippen molar-refractivity contribution in [3.63, 3.8) is 0 Å². The molecule has 2 aromatic rings. The number of nitrogens with zero attached hydrogens (tertiary/aromatic N) is 3. The maximum Gasteiger partial charge on any atom is 0.244 e. The van der Waals surface area contributed by atoms with Crippen LogP contribution in [0.25, 0.3) is 0 Å². The molecule has 1 fully saturated rings. The van der Waals surface area contributed by atoms with Crippen LogP contribution in [0.2, 0.25) is 0 Å². The van der Waals surface area contributed by atoms with Gasteiger partial charge >= 0.3 is 0 Å². The van der Waals surface area contributed by atoms with E-state index in [2.05, 4.69) is 36.1 Å². The number of piperidine rings is 1. The highest BCUT2D eigenvalue weighted by Crippen LogP contribution is 2.33. The SMILES string of the molecule is Cc1ccc(C2=NN(C(=O)CCN3CCCCC3)[C@H](c3ccco3)C2)cc1.